The number of amides is 1. The second-order valence-corrected chi connectivity index (χ2v) is 5.15. The van der Waals surface area contributed by atoms with Crippen LogP contribution in [-0.2, 0) is 11.2 Å². The fraction of sp³-hybridized carbons (Fsp3) is 0.250. The van der Waals surface area contributed by atoms with Crippen LogP contribution in [0.5, 0.6) is 0 Å². The molecular weight excluding hydrogens is 264 g/mol. The highest BCUT2D eigenvalue weighted by Gasteiger charge is 2.20. The van der Waals surface area contributed by atoms with Crippen LogP contribution in [0.25, 0.3) is 0 Å². The van der Waals surface area contributed by atoms with Gasteiger partial charge in [-0.3, -0.25) is 9.78 Å². The lowest BCUT2D eigenvalue weighted by Gasteiger charge is -2.31. The quantitative estimate of drug-likeness (QED) is 0.845. The largest absolute Gasteiger partial charge is 0.398 e. The first-order valence-corrected chi connectivity index (χ1v) is 7.06. The Morgan fingerprint density at radius 2 is 2.10 bits per heavy atom. The van der Waals surface area contributed by atoms with E-state index in [-0.39, 0.29) is 5.91 Å². The molecule has 0 saturated heterocycles. The van der Waals surface area contributed by atoms with E-state index in [0.29, 0.717) is 6.54 Å². The van der Waals surface area contributed by atoms with Crippen LogP contribution in [0, 0.1) is 0 Å². The maximum atomic E-state index is 12.2. The number of anilines is 3. The Kier molecular flexibility index (Phi) is 3.73. The minimum absolute atomic E-state index is 0.0310. The summed E-state index contributed by atoms with van der Waals surface area (Å²) in [6.07, 6.45) is 5.31. The van der Waals surface area contributed by atoms with Crippen molar-refractivity contribution in [1.82, 2.24) is 4.98 Å². The molecule has 21 heavy (non-hydrogen) atoms. The molecule has 1 aliphatic rings. The minimum atomic E-state index is -0.0310. The summed E-state index contributed by atoms with van der Waals surface area (Å²) < 4.78 is 0. The maximum Gasteiger partial charge on any atom is 0.243 e. The van der Waals surface area contributed by atoms with Crippen LogP contribution in [0.3, 0.4) is 0 Å². The molecule has 1 aromatic heterocycles. The lowest BCUT2D eigenvalue weighted by molar-refractivity contribution is -0.115. The Balaban J connectivity index is 1.72. The van der Waals surface area contributed by atoms with Crippen LogP contribution in [0.1, 0.15) is 12.0 Å². The normalized spacial score (nSPS) is 13.6. The molecule has 0 spiro atoms. The lowest BCUT2D eigenvalue weighted by atomic mass is 10.00. The molecule has 108 valence electrons. The van der Waals surface area contributed by atoms with Crippen LogP contribution < -0.4 is 16.0 Å². The Bertz CT molecular complexity index is 642. The molecule has 2 aromatic rings. The Hall–Kier alpha value is -2.56. The highest BCUT2D eigenvalue weighted by atomic mass is 16.2. The van der Waals surface area contributed by atoms with Crippen LogP contribution in [0.15, 0.2) is 42.7 Å². The molecule has 0 fully saturated rings. The Labute approximate surface area is 123 Å². The van der Waals surface area contributed by atoms with Crippen molar-refractivity contribution in [3.05, 3.63) is 48.3 Å². The number of pyridine rings is 1. The Morgan fingerprint density at radius 3 is 2.90 bits per heavy atom. The number of nitrogen functional groups attached to an aromatic ring is 1. The molecule has 0 bridgehead atoms. The van der Waals surface area contributed by atoms with Gasteiger partial charge < -0.3 is 16.0 Å². The van der Waals surface area contributed by atoms with Crippen LogP contribution >= 0.6 is 0 Å². The summed E-state index contributed by atoms with van der Waals surface area (Å²) in [5.41, 5.74) is 9.83. The molecule has 1 amide bonds. The summed E-state index contributed by atoms with van der Waals surface area (Å²) in [6, 6.07) is 9.44. The van der Waals surface area contributed by atoms with Crippen molar-refractivity contribution in [3.63, 3.8) is 0 Å². The molecule has 2 heterocycles. The summed E-state index contributed by atoms with van der Waals surface area (Å²) in [5, 5.41) is 2.88. The molecule has 1 aromatic carbocycles. The van der Waals surface area contributed by atoms with Crippen molar-refractivity contribution in [2.24, 2.45) is 0 Å². The van der Waals surface area contributed by atoms with E-state index in [2.05, 4.69) is 15.2 Å². The maximum absolute atomic E-state index is 12.2. The summed E-state index contributed by atoms with van der Waals surface area (Å²) >= 11 is 0. The number of aromatic nitrogens is 1. The summed E-state index contributed by atoms with van der Waals surface area (Å²) in [5.74, 6) is -0.0310. The molecule has 0 aliphatic carbocycles. The van der Waals surface area contributed by atoms with Gasteiger partial charge in [0.1, 0.15) is 0 Å². The summed E-state index contributed by atoms with van der Waals surface area (Å²) in [7, 11) is 0. The van der Waals surface area contributed by atoms with E-state index in [4.69, 9.17) is 5.73 Å². The lowest BCUT2D eigenvalue weighted by Crippen LogP contribution is -2.37. The number of nitrogens with one attached hydrogen (secondary N) is 1. The molecule has 0 atom stereocenters. The van der Waals surface area contributed by atoms with E-state index in [1.54, 1.807) is 24.5 Å². The average molecular weight is 282 g/mol. The van der Waals surface area contributed by atoms with Crippen molar-refractivity contribution in [2.75, 3.05) is 29.0 Å². The zero-order valence-corrected chi connectivity index (χ0v) is 11.7. The van der Waals surface area contributed by atoms with Crippen molar-refractivity contribution in [3.8, 4) is 0 Å². The highest BCUT2D eigenvalue weighted by Crippen LogP contribution is 2.30. The topological polar surface area (TPSA) is 71.2 Å². The first-order chi connectivity index (χ1) is 10.2. The number of hydrogen-bond acceptors (Lipinski definition) is 4. The van der Waals surface area contributed by atoms with Gasteiger partial charge in [-0.2, -0.15) is 0 Å². The van der Waals surface area contributed by atoms with E-state index in [0.717, 1.165) is 42.0 Å². The average Bonchev–Trinajstić information content (AvgIpc) is 2.49. The van der Waals surface area contributed by atoms with E-state index < -0.39 is 0 Å². The van der Waals surface area contributed by atoms with Gasteiger partial charge in [0.15, 0.2) is 0 Å². The number of nitrogens with two attached hydrogens (primary N) is 1. The van der Waals surface area contributed by atoms with Gasteiger partial charge >= 0.3 is 0 Å². The van der Waals surface area contributed by atoms with Crippen molar-refractivity contribution in [1.29, 1.82) is 0 Å². The van der Waals surface area contributed by atoms with Gasteiger partial charge in [0.25, 0.3) is 0 Å². The summed E-state index contributed by atoms with van der Waals surface area (Å²) in [4.78, 5) is 18.2. The van der Waals surface area contributed by atoms with E-state index >= 15 is 0 Å². The van der Waals surface area contributed by atoms with Gasteiger partial charge in [0, 0.05) is 36.0 Å². The van der Waals surface area contributed by atoms with E-state index in [1.807, 2.05) is 18.2 Å². The molecule has 3 rings (SSSR count). The minimum Gasteiger partial charge on any atom is -0.398 e. The monoisotopic (exact) mass is 282 g/mol. The summed E-state index contributed by atoms with van der Waals surface area (Å²) in [6.45, 7) is 1.21. The molecule has 0 unspecified atom stereocenters. The third kappa shape index (κ3) is 2.97. The molecule has 0 radical (unpaired) electrons. The number of rotatable bonds is 3. The smallest absolute Gasteiger partial charge is 0.243 e. The number of fused-ring (bicyclic) bond motifs is 1. The van der Waals surface area contributed by atoms with Crippen molar-refractivity contribution >= 4 is 23.0 Å². The second kappa shape index (κ2) is 5.83. The number of hydrogen-bond donors (Lipinski definition) is 2. The third-order valence-corrected chi connectivity index (χ3v) is 3.68. The van der Waals surface area contributed by atoms with Crippen molar-refractivity contribution < 1.29 is 4.79 Å². The standard InChI is InChI=1S/C16H18N4O/c17-14-4-1-5-15-13(14)3-2-10-20(15)11-16(21)19-12-6-8-18-9-7-12/h1,4-9H,2-3,10-11,17H2,(H,18,19,21). The zero-order valence-electron chi connectivity index (χ0n) is 11.7. The zero-order chi connectivity index (χ0) is 14.7. The predicted molar refractivity (Wildman–Crippen MR) is 84.3 cm³/mol. The first kappa shape index (κ1) is 13.4. The van der Waals surface area contributed by atoms with Crippen LogP contribution in [-0.4, -0.2) is 24.0 Å². The van der Waals surface area contributed by atoms with Gasteiger partial charge in [-0.1, -0.05) is 6.07 Å². The van der Waals surface area contributed by atoms with Gasteiger partial charge in [0.05, 0.1) is 6.54 Å². The van der Waals surface area contributed by atoms with Gasteiger partial charge in [-0.25, -0.2) is 0 Å². The van der Waals surface area contributed by atoms with Gasteiger partial charge in [-0.15, -0.1) is 0 Å². The molecule has 3 N–H and O–H groups in total. The molecule has 5 heteroatoms. The number of nitrogens with zero attached hydrogens (tertiary/aromatic N) is 2. The fourth-order valence-corrected chi connectivity index (χ4v) is 2.70. The van der Waals surface area contributed by atoms with E-state index in [1.165, 1.54) is 0 Å². The molecule has 5 nitrogen and oxygen atoms in total. The van der Waals surface area contributed by atoms with Crippen molar-refractivity contribution in [2.45, 2.75) is 12.8 Å². The number of carbonyl (C=O) groups is 1. The highest BCUT2D eigenvalue weighted by molar-refractivity contribution is 5.94. The fourth-order valence-electron chi connectivity index (χ4n) is 2.70. The first-order valence-electron chi connectivity index (χ1n) is 7.06. The Morgan fingerprint density at radius 1 is 1.29 bits per heavy atom. The predicted octanol–water partition coefficient (Wildman–Crippen LogP) is 2.06. The third-order valence-electron chi connectivity index (χ3n) is 3.68. The van der Waals surface area contributed by atoms with Crippen LogP contribution in [0.4, 0.5) is 17.1 Å². The number of benzene rings is 1. The van der Waals surface area contributed by atoms with Crippen LogP contribution in [0.2, 0.25) is 0 Å². The molecule has 0 saturated carbocycles. The second-order valence-electron chi connectivity index (χ2n) is 5.15. The van der Waals surface area contributed by atoms with Gasteiger partial charge in [0.2, 0.25) is 5.91 Å². The molecule has 1 aliphatic heterocycles. The number of carbonyl (C=O) groups excluding carboxylic acids is 1. The van der Waals surface area contributed by atoms with E-state index in [9.17, 15) is 4.79 Å². The SMILES string of the molecule is Nc1cccc2c1CCCN2CC(=O)Nc1ccncc1. The molecular formula is C16H18N4O. The van der Waals surface area contributed by atoms with Gasteiger partial charge in [-0.05, 0) is 42.7 Å².